The van der Waals surface area contributed by atoms with E-state index < -0.39 is 0 Å². The van der Waals surface area contributed by atoms with Gasteiger partial charge in [0, 0.05) is 23.9 Å². The number of aliphatic hydroxyl groups excluding tert-OH is 1. The zero-order chi connectivity index (χ0) is 11.1. The summed E-state index contributed by atoms with van der Waals surface area (Å²) in [5.74, 6) is 0. The summed E-state index contributed by atoms with van der Waals surface area (Å²) in [7, 11) is 0. The summed E-state index contributed by atoms with van der Waals surface area (Å²) in [6.07, 6.45) is 0.550. The fourth-order valence-electron chi connectivity index (χ4n) is 0.989. The fraction of sp³-hybridized carbons (Fsp3) is 0.300. The Morgan fingerprint density at radius 2 is 2.00 bits per heavy atom. The van der Waals surface area contributed by atoms with E-state index in [1.165, 1.54) is 0 Å². The minimum absolute atomic E-state index is 0.0707. The molecule has 0 heterocycles. The summed E-state index contributed by atoms with van der Waals surface area (Å²) >= 11 is 5.69. The van der Waals surface area contributed by atoms with Gasteiger partial charge in [-0.15, -0.1) is 0 Å². The lowest BCUT2D eigenvalue weighted by Crippen LogP contribution is -2.29. The molecule has 5 heteroatoms. The van der Waals surface area contributed by atoms with Crippen LogP contribution >= 0.6 is 11.6 Å². The highest BCUT2D eigenvalue weighted by atomic mass is 35.5. The van der Waals surface area contributed by atoms with Gasteiger partial charge in [0.05, 0.1) is 0 Å². The molecular weight excluding hydrogens is 216 g/mol. The summed E-state index contributed by atoms with van der Waals surface area (Å²) in [6.45, 7) is 0.525. The number of halogens is 1. The topological polar surface area (TPSA) is 61.4 Å². The number of hydrogen-bond donors (Lipinski definition) is 3. The Morgan fingerprint density at radius 1 is 1.33 bits per heavy atom. The largest absolute Gasteiger partial charge is 0.396 e. The van der Waals surface area contributed by atoms with Crippen LogP contribution in [0.15, 0.2) is 24.3 Å². The van der Waals surface area contributed by atoms with Crippen molar-refractivity contribution in [1.82, 2.24) is 5.32 Å². The van der Waals surface area contributed by atoms with Crippen molar-refractivity contribution in [3.05, 3.63) is 29.3 Å². The minimum Gasteiger partial charge on any atom is -0.396 e. The van der Waals surface area contributed by atoms with Crippen molar-refractivity contribution in [1.29, 1.82) is 0 Å². The average molecular weight is 229 g/mol. The van der Waals surface area contributed by atoms with E-state index >= 15 is 0 Å². The molecule has 15 heavy (non-hydrogen) atoms. The summed E-state index contributed by atoms with van der Waals surface area (Å²) in [5, 5.41) is 14.4. The monoisotopic (exact) mass is 228 g/mol. The summed E-state index contributed by atoms with van der Waals surface area (Å²) in [6, 6.07) is 6.54. The first-order valence-electron chi connectivity index (χ1n) is 4.63. The molecule has 0 aliphatic rings. The van der Waals surface area contributed by atoms with Crippen molar-refractivity contribution in [2.24, 2.45) is 0 Å². The number of amides is 2. The molecule has 0 bridgehead atoms. The predicted molar refractivity (Wildman–Crippen MR) is 60.2 cm³/mol. The second-order valence-corrected chi connectivity index (χ2v) is 3.40. The molecule has 1 aromatic rings. The third-order valence-corrected chi connectivity index (χ3v) is 1.97. The van der Waals surface area contributed by atoms with Crippen molar-refractivity contribution in [2.75, 3.05) is 18.5 Å². The van der Waals surface area contributed by atoms with Gasteiger partial charge in [-0.2, -0.15) is 0 Å². The normalized spacial score (nSPS) is 9.73. The lowest BCUT2D eigenvalue weighted by Gasteiger charge is -2.06. The molecule has 82 valence electrons. The van der Waals surface area contributed by atoms with Crippen LogP contribution in [0.4, 0.5) is 10.5 Å². The van der Waals surface area contributed by atoms with Gasteiger partial charge in [0.2, 0.25) is 0 Å². The second kappa shape index (κ2) is 6.27. The highest BCUT2D eigenvalue weighted by Gasteiger charge is 1.99. The molecule has 1 aromatic carbocycles. The number of carbonyl (C=O) groups is 1. The Bertz CT molecular complexity index is 314. The van der Waals surface area contributed by atoms with Gasteiger partial charge >= 0.3 is 6.03 Å². The van der Waals surface area contributed by atoms with E-state index in [-0.39, 0.29) is 12.6 Å². The van der Waals surface area contributed by atoms with Gasteiger partial charge in [0.1, 0.15) is 0 Å². The lowest BCUT2D eigenvalue weighted by molar-refractivity contribution is 0.249. The molecule has 0 atom stereocenters. The van der Waals surface area contributed by atoms with Crippen LogP contribution in [0.2, 0.25) is 5.02 Å². The van der Waals surface area contributed by atoms with Crippen molar-refractivity contribution in [3.8, 4) is 0 Å². The molecule has 0 aliphatic carbocycles. The summed E-state index contributed by atoms with van der Waals surface area (Å²) in [5.41, 5.74) is 0.681. The standard InChI is InChI=1S/C10H13ClN2O2/c11-8-2-4-9(5-3-8)13-10(15)12-6-1-7-14/h2-5,14H,1,6-7H2,(H2,12,13,15). The molecule has 0 saturated heterocycles. The molecule has 0 aliphatic heterocycles. The van der Waals surface area contributed by atoms with E-state index in [1.54, 1.807) is 24.3 Å². The van der Waals surface area contributed by atoms with Crippen molar-refractivity contribution in [2.45, 2.75) is 6.42 Å². The van der Waals surface area contributed by atoms with Crippen LogP contribution in [0, 0.1) is 0 Å². The van der Waals surface area contributed by atoms with Gasteiger partial charge in [0.15, 0.2) is 0 Å². The number of benzene rings is 1. The molecule has 0 fully saturated rings. The van der Waals surface area contributed by atoms with Gasteiger partial charge in [-0.25, -0.2) is 4.79 Å². The number of urea groups is 1. The Balaban J connectivity index is 2.34. The second-order valence-electron chi connectivity index (χ2n) is 2.96. The van der Waals surface area contributed by atoms with Crippen LogP contribution in [-0.4, -0.2) is 24.3 Å². The predicted octanol–water partition coefficient (Wildman–Crippen LogP) is 1.84. The van der Waals surface area contributed by atoms with Crippen molar-refractivity contribution >= 4 is 23.3 Å². The van der Waals surface area contributed by atoms with E-state index in [0.29, 0.717) is 23.7 Å². The lowest BCUT2D eigenvalue weighted by atomic mass is 10.3. The van der Waals surface area contributed by atoms with Crippen molar-refractivity contribution < 1.29 is 9.90 Å². The van der Waals surface area contributed by atoms with Gasteiger partial charge in [-0.3, -0.25) is 0 Å². The fourth-order valence-corrected chi connectivity index (χ4v) is 1.12. The van der Waals surface area contributed by atoms with E-state index in [2.05, 4.69) is 10.6 Å². The first kappa shape index (κ1) is 11.8. The van der Waals surface area contributed by atoms with Gasteiger partial charge < -0.3 is 15.7 Å². The molecule has 0 aromatic heterocycles. The third-order valence-electron chi connectivity index (χ3n) is 1.72. The maximum Gasteiger partial charge on any atom is 0.319 e. The molecule has 0 spiro atoms. The van der Waals surface area contributed by atoms with Crippen LogP contribution in [-0.2, 0) is 0 Å². The molecule has 1 rings (SSSR count). The third kappa shape index (κ3) is 4.67. The molecule has 0 unspecified atom stereocenters. The maximum atomic E-state index is 11.2. The zero-order valence-electron chi connectivity index (χ0n) is 8.16. The first-order chi connectivity index (χ1) is 7.22. The van der Waals surface area contributed by atoms with Crippen LogP contribution in [0.1, 0.15) is 6.42 Å². The smallest absolute Gasteiger partial charge is 0.319 e. The number of rotatable bonds is 4. The number of anilines is 1. The zero-order valence-corrected chi connectivity index (χ0v) is 8.92. The Kier molecular flexibility index (Phi) is 4.93. The number of carbonyl (C=O) groups excluding carboxylic acids is 1. The highest BCUT2D eigenvalue weighted by molar-refractivity contribution is 6.30. The van der Waals surface area contributed by atoms with E-state index in [0.717, 1.165) is 0 Å². The van der Waals surface area contributed by atoms with Crippen molar-refractivity contribution in [3.63, 3.8) is 0 Å². The Morgan fingerprint density at radius 3 is 2.60 bits per heavy atom. The molecular formula is C10H13ClN2O2. The molecule has 2 amide bonds. The van der Waals surface area contributed by atoms with E-state index in [4.69, 9.17) is 16.7 Å². The van der Waals surface area contributed by atoms with E-state index in [9.17, 15) is 4.79 Å². The van der Waals surface area contributed by atoms with Crippen LogP contribution < -0.4 is 10.6 Å². The molecule has 0 saturated carbocycles. The SMILES string of the molecule is O=C(NCCCO)Nc1ccc(Cl)cc1. The first-order valence-corrected chi connectivity index (χ1v) is 5.01. The minimum atomic E-state index is -0.286. The average Bonchev–Trinajstić information content (AvgIpc) is 2.22. The van der Waals surface area contributed by atoms with Crippen LogP contribution in [0.25, 0.3) is 0 Å². The Labute approximate surface area is 93.2 Å². The molecule has 3 N–H and O–H groups in total. The van der Waals surface area contributed by atoms with Gasteiger partial charge in [0.25, 0.3) is 0 Å². The number of nitrogens with one attached hydrogen (secondary N) is 2. The number of hydrogen-bond acceptors (Lipinski definition) is 2. The van der Waals surface area contributed by atoms with Crippen LogP contribution in [0.3, 0.4) is 0 Å². The van der Waals surface area contributed by atoms with Gasteiger partial charge in [-0.05, 0) is 30.7 Å². The summed E-state index contributed by atoms with van der Waals surface area (Å²) < 4.78 is 0. The summed E-state index contributed by atoms with van der Waals surface area (Å²) in [4.78, 5) is 11.2. The molecule has 4 nitrogen and oxygen atoms in total. The van der Waals surface area contributed by atoms with Crippen LogP contribution in [0.5, 0.6) is 0 Å². The highest BCUT2D eigenvalue weighted by Crippen LogP contribution is 2.12. The number of aliphatic hydroxyl groups is 1. The van der Waals surface area contributed by atoms with E-state index in [1.807, 2.05) is 0 Å². The maximum absolute atomic E-state index is 11.2. The van der Waals surface area contributed by atoms with Gasteiger partial charge in [-0.1, -0.05) is 11.6 Å². The Hall–Kier alpha value is -1.26. The molecule has 0 radical (unpaired) electrons. The quantitative estimate of drug-likeness (QED) is 0.689.